The first-order valence-electron chi connectivity index (χ1n) is 7.68. The molecule has 0 aliphatic heterocycles. The average Bonchev–Trinajstić information content (AvgIpc) is 2.56. The first kappa shape index (κ1) is 14.5. The Morgan fingerprint density at radius 2 is 1.95 bits per heavy atom. The van der Waals surface area contributed by atoms with Crippen LogP contribution in [0, 0.1) is 39.9 Å². The molecular weight excluding hydrogens is 272 g/mol. The highest BCUT2D eigenvalue weighted by atomic mass is 16.1. The molecule has 0 radical (unpaired) electrons. The van der Waals surface area contributed by atoms with Crippen LogP contribution in [0.5, 0.6) is 0 Å². The number of hydrogen-bond donors (Lipinski definition) is 0. The maximum Gasteiger partial charge on any atom is 0.129 e. The first-order chi connectivity index (χ1) is 10.6. The summed E-state index contributed by atoms with van der Waals surface area (Å²) < 4.78 is 0. The highest BCUT2D eigenvalue weighted by molar-refractivity contribution is 5.61. The Balaban J connectivity index is 2.16. The maximum atomic E-state index is 11.8. The summed E-state index contributed by atoms with van der Waals surface area (Å²) in [5.74, 6) is 0.169. The Morgan fingerprint density at radius 3 is 2.55 bits per heavy atom. The number of carbonyl (C=O) groups is 1. The lowest BCUT2D eigenvalue weighted by molar-refractivity contribution is -0.120. The maximum absolute atomic E-state index is 11.8. The zero-order valence-corrected chi connectivity index (χ0v) is 12.6. The molecule has 0 N–H and O–H groups in total. The van der Waals surface area contributed by atoms with Crippen LogP contribution in [0.4, 0.5) is 0 Å². The van der Waals surface area contributed by atoms with Gasteiger partial charge in [-0.2, -0.15) is 10.5 Å². The van der Waals surface area contributed by atoms with Crippen LogP contribution in [0.25, 0.3) is 0 Å². The molecule has 22 heavy (non-hydrogen) atoms. The minimum absolute atomic E-state index is 0.0453. The summed E-state index contributed by atoms with van der Waals surface area (Å²) in [5.41, 5.74) is 2.21. The van der Waals surface area contributed by atoms with E-state index in [0.29, 0.717) is 6.42 Å². The largest absolute Gasteiger partial charge is 0.303 e. The molecule has 3 aliphatic carbocycles. The molecule has 0 heterocycles. The second-order valence-electron chi connectivity index (χ2n) is 6.70. The number of allylic oxidation sites excluding steroid dienone is 2. The summed E-state index contributed by atoms with van der Waals surface area (Å²) in [4.78, 5) is 11.8. The van der Waals surface area contributed by atoms with Gasteiger partial charge in [-0.15, -0.1) is 0 Å². The second-order valence-corrected chi connectivity index (χ2v) is 6.70. The summed E-state index contributed by atoms with van der Waals surface area (Å²) >= 11 is 0. The van der Waals surface area contributed by atoms with Gasteiger partial charge in [-0.3, -0.25) is 0 Å². The van der Waals surface area contributed by atoms with E-state index in [0.717, 1.165) is 30.3 Å². The van der Waals surface area contributed by atoms with Crippen LogP contribution in [0.2, 0.25) is 0 Å². The van der Waals surface area contributed by atoms with Crippen LogP contribution in [0.1, 0.15) is 37.7 Å². The number of rotatable bonds is 2. The Labute approximate surface area is 130 Å². The zero-order valence-electron chi connectivity index (χ0n) is 12.6. The summed E-state index contributed by atoms with van der Waals surface area (Å²) in [6.45, 7) is 2.13. The third-order valence-electron chi connectivity index (χ3n) is 5.57. The van der Waals surface area contributed by atoms with Gasteiger partial charge in [0, 0.05) is 11.8 Å². The van der Waals surface area contributed by atoms with Crippen molar-refractivity contribution in [2.45, 2.75) is 32.1 Å². The second kappa shape index (κ2) is 5.43. The highest BCUT2D eigenvalue weighted by Crippen LogP contribution is 2.61. The summed E-state index contributed by atoms with van der Waals surface area (Å²) in [5, 5.41) is 18.5. The Kier molecular flexibility index (Phi) is 3.59. The molecule has 1 aromatic carbocycles. The molecule has 110 valence electrons. The van der Waals surface area contributed by atoms with E-state index in [1.165, 1.54) is 0 Å². The molecule has 4 rings (SSSR count). The molecule has 0 aromatic heterocycles. The van der Waals surface area contributed by atoms with E-state index >= 15 is 0 Å². The quantitative estimate of drug-likeness (QED) is 0.615. The number of nitrogens with zero attached hydrogens (tertiary/aromatic N) is 2. The zero-order chi connectivity index (χ0) is 15.7. The van der Waals surface area contributed by atoms with E-state index in [2.05, 4.69) is 31.2 Å². The minimum atomic E-state index is -0.148. The van der Waals surface area contributed by atoms with Crippen molar-refractivity contribution in [2.24, 2.45) is 17.3 Å². The third-order valence-corrected chi connectivity index (χ3v) is 5.57. The topological polar surface area (TPSA) is 64.7 Å². The SMILES string of the molecule is CC12CCC(C(=C(C#N)C#N)C1)C(c1ccccc1)C2C=O. The van der Waals surface area contributed by atoms with Gasteiger partial charge in [0.1, 0.15) is 24.0 Å². The van der Waals surface area contributed by atoms with E-state index in [1.54, 1.807) is 0 Å². The van der Waals surface area contributed by atoms with Gasteiger partial charge in [-0.25, -0.2) is 0 Å². The number of benzene rings is 1. The molecule has 4 unspecified atom stereocenters. The highest BCUT2D eigenvalue weighted by Gasteiger charge is 2.53. The fourth-order valence-electron chi connectivity index (χ4n) is 4.48. The first-order valence-corrected chi connectivity index (χ1v) is 7.68. The molecular formula is C19H18N2O. The molecule has 3 nitrogen and oxygen atoms in total. The smallest absolute Gasteiger partial charge is 0.129 e. The van der Waals surface area contributed by atoms with E-state index in [9.17, 15) is 15.3 Å². The third kappa shape index (κ3) is 2.06. The number of nitriles is 2. The summed E-state index contributed by atoms with van der Waals surface area (Å²) in [6, 6.07) is 14.2. The van der Waals surface area contributed by atoms with Crippen molar-refractivity contribution in [1.82, 2.24) is 0 Å². The van der Waals surface area contributed by atoms with E-state index in [1.807, 2.05) is 18.2 Å². The van der Waals surface area contributed by atoms with Gasteiger partial charge in [-0.05, 0) is 41.7 Å². The Bertz CT molecular complexity index is 691. The van der Waals surface area contributed by atoms with E-state index in [-0.39, 0.29) is 28.7 Å². The predicted molar refractivity (Wildman–Crippen MR) is 82.4 cm³/mol. The molecule has 0 amide bonds. The monoisotopic (exact) mass is 290 g/mol. The number of aldehydes is 1. The van der Waals surface area contributed by atoms with Crippen molar-refractivity contribution in [1.29, 1.82) is 10.5 Å². The average molecular weight is 290 g/mol. The molecule has 1 aromatic rings. The molecule has 3 aliphatic rings. The van der Waals surface area contributed by atoms with Crippen LogP contribution >= 0.6 is 0 Å². The fraction of sp³-hybridized carbons (Fsp3) is 0.421. The Hall–Kier alpha value is -2.39. The van der Waals surface area contributed by atoms with Gasteiger partial charge < -0.3 is 4.79 Å². The van der Waals surface area contributed by atoms with Crippen molar-refractivity contribution >= 4 is 6.29 Å². The molecule has 3 fully saturated rings. The van der Waals surface area contributed by atoms with Crippen LogP contribution in [-0.2, 0) is 4.79 Å². The minimum Gasteiger partial charge on any atom is -0.303 e. The fourth-order valence-corrected chi connectivity index (χ4v) is 4.48. The lowest BCUT2D eigenvalue weighted by Crippen LogP contribution is -2.47. The summed E-state index contributed by atoms with van der Waals surface area (Å²) in [7, 11) is 0. The molecule has 0 spiro atoms. The predicted octanol–water partition coefficient (Wildman–Crippen LogP) is 3.75. The molecule has 3 heteroatoms. The van der Waals surface area contributed by atoms with Crippen molar-refractivity contribution in [2.75, 3.05) is 0 Å². The normalized spacial score (nSPS) is 32.9. The van der Waals surface area contributed by atoms with Crippen LogP contribution < -0.4 is 0 Å². The molecule has 4 atom stereocenters. The van der Waals surface area contributed by atoms with E-state index in [4.69, 9.17) is 0 Å². The number of carbonyl (C=O) groups excluding carboxylic acids is 1. The Morgan fingerprint density at radius 1 is 1.27 bits per heavy atom. The van der Waals surface area contributed by atoms with Crippen molar-refractivity contribution in [3.63, 3.8) is 0 Å². The van der Waals surface area contributed by atoms with Gasteiger partial charge in [0.2, 0.25) is 0 Å². The molecule has 0 saturated heterocycles. The number of hydrogen-bond acceptors (Lipinski definition) is 3. The van der Waals surface area contributed by atoms with Crippen molar-refractivity contribution in [3.05, 3.63) is 47.0 Å². The van der Waals surface area contributed by atoms with Gasteiger partial charge >= 0.3 is 0 Å². The van der Waals surface area contributed by atoms with E-state index < -0.39 is 0 Å². The summed E-state index contributed by atoms with van der Waals surface area (Å²) in [6.07, 6.45) is 3.72. The van der Waals surface area contributed by atoms with Crippen molar-refractivity contribution < 1.29 is 4.79 Å². The van der Waals surface area contributed by atoms with Gasteiger partial charge in [0.25, 0.3) is 0 Å². The molecule has 2 bridgehead atoms. The van der Waals surface area contributed by atoms with Crippen LogP contribution in [0.15, 0.2) is 41.5 Å². The van der Waals surface area contributed by atoms with Crippen LogP contribution in [0.3, 0.4) is 0 Å². The van der Waals surface area contributed by atoms with Gasteiger partial charge in [0.05, 0.1) is 0 Å². The lowest BCUT2D eigenvalue weighted by Gasteiger charge is -2.54. The lowest BCUT2D eigenvalue weighted by atomic mass is 9.48. The van der Waals surface area contributed by atoms with Crippen molar-refractivity contribution in [3.8, 4) is 12.1 Å². The standard InChI is InChI=1S/C19H18N2O/c1-19-8-7-15(16(9-19)14(10-20)11-21)18(17(19)12-22)13-5-3-2-4-6-13/h2-6,12,15,17-18H,7-9H2,1H3. The van der Waals surface area contributed by atoms with Crippen LogP contribution in [-0.4, -0.2) is 6.29 Å². The molecule has 3 saturated carbocycles. The number of fused-ring (bicyclic) bond motifs is 3. The van der Waals surface area contributed by atoms with Gasteiger partial charge in [0.15, 0.2) is 0 Å². The van der Waals surface area contributed by atoms with Gasteiger partial charge in [-0.1, -0.05) is 37.3 Å².